The van der Waals surface area contributed by atoms with E-state index in [0.29, 0.717) is 51.2 Å². The van der Waals surface area contributed by atoms with Gasteiger partial charge in [0.25, 0.3) is 0 Å². The van der Waals surface area contributed by atoms with E-state index in [1.807, 2.05) is 24.3 Å². The number of nitrogens with one attached hydrogen (secondary N) is 1. The highest BCUT2D eigenvalue weighted by molar-refractivity contribution is 5.85. The van der Waals surface area contributed by atoms with E-state index in [0.717, 1.165) is 0 Å². The number of methoxy groups -OCH3 is 1. The largest absolute Gasteiger partial charge is 0.454 e. The van der Waals surface area contributed by atoms with Crippen LogP contribution in [0.4, 0.5) is 10.5 Å². The number of hydrogen-bond acceptors (Lipinski definition) is 15. The Kier molecular flexibility index (Phi) is 10.3. The zero-order valence-corrected chi connectivity index (χ0v) is 29.5. The van der Waals surface area contributed by atoms with Gasteiger partial charge in [-0.2, -0.15) is 0 Å². The Morgan fingerprint density at radius 2 is 1.42 bits per heavy atom. The molecule has 3 aliphatic heterocycles. The normalized spacial score (nSPS) is 25.4. The molecule has 3 aromatic carbocycles. The third kappa shape index (κ3) is 7.83. The van der Waals surface area contributed by atoms with Crippen LogP contribution < -0.4 is 14.8 Å². The number of esters is 2. The highest BCUT2D eigenvalue weighted by Gasteiger charge is 2.53. The number of carbonyl (C=O) groups is 3. The van der Waals surface area contributed by atoms with Gasteiger partial charge in [0, 0.05) is 31.7 Å². The summed E-state index contributed by atoms with van der Waals surface area (Å²) < 4.78 is 52.3. The van der Waals surface area contributed by atoms with Gasteiger partial charge in [0.05, 0.1) is 18.4 Å². The van der Waals surface area contributed by atoms with Gasteiger partial charge in [-0.25, -0.2) is 14.8 Å². The number of ether oxygens (including phenoxy) is 7. The molecule has 0 spiro atoms. The maximum absolute atomic E-state index is 14.2. The molecule has 3 aliphatic rings. The lowest BCUT2D eigenvalue weighted by Crippen LogP contribution is -2.63. The van der Waals surface area contributed by atoms with Gasteiger partial charge in [0.1, 0.15) is 17.1 Å². The van der Waals surface area contributed by atoms with Gasteiger partial charge in [-0.3, -0.25) is 14.9 Å². The van der Waals surface area contributed by atoms with E-state index < -0.39 is 67.2 Å². The van der Waals surface area contributed by atoms with Crippen LogP contribution in [0.5, 0.6) is 11.5 Å². The van der Waals surface area contributed by atoms with Crippen LogP contribution in [0.2, 0.25) is 0 Å². The summed E-state index contributed by atoms with van der Waals surface area (Å²) in [5, 5.41) is 13.1. The molecule has 2 N–H and O–H groups in total. The van der Waals surface area contributed by atoms with Crippen molar-refractivity contribution in [2.75, 3.05) is 25.8 Å². The number of hydrogen-bond donors (Lipinski definition) is 2. The Morgan fingerprint density at radius 1 is 0.818 bits per heavy atom. The van der Waals surface area contributed by atoms with Crippen molar-refractivity contribution in [3.8, 4) is 11.5 Å². The summed E-state index contributed by atoms with van der Waals surface area (Å²) in [6.07, 6.45) is -3.92. The number of aliphatic hydroxyl groups is 1. The maximum Gasteiger partial charge on any atom is 0.412 e. The van der Waals surface area contributed by atoms with E-state index in [9.17, 15) is 19.5 Å². The first kappa shape index (κ1) is 36.0. The van der Waals surface area contributed by atoms with Gasteiger partial charge >= 0.3 is 18.0 Å². The molecule has 0 unspecified atom stereocenters. The molecule has 55 heavy (non-hydrogen) atoms. The van der Waals surface area contributed by atoms with E-state index >= 15 is 0 Å². The topological polar surface area (TPSA) is 200 Å². The molecule has 1 fully saturated rings. The number of fused-ring (bicyclic) bond motifs is 4. The molecule has 16 heteroatoms. The molecule has 16 nitrogen and oxygen atoms in total. The maximum atomic E-state index is 14.2. The Hall–Kier alpha value is -5.97. The van der Waals surface area contributed by atoms with Crippen LogP contribution in [-0.4, -0.2) is 84.3 Å². The molecular formula is C39H37N3O13. The van der Waals surface area contributed by atoms with Crippen molar-refractivity contribution in [2.45, 2.75) is 56.4 Å². The predicted octanol–water partition coefficient (Wildman–Crippen LogP) is 4.87. The third-order valence-electron chi connectivity index (χ3n) is 9.56. The number of aromatic nitrogens is 2. The van der Waals surface area contributed by atoms with Crippen LogP contribution in [0.15, 0.2) is 87.7 Å². The van der Waals surface area contributed by atoms with Crippen LogP contribution >= 0.6 is 0 Å². The van der Waals surface area contributed by atoms with E-state index in [-0.39, 0.29) is 32.5 Å². The summed E-state index contributed by atoms with van der Waals surface area (Å²) in [6, 6.07) is 19.2. The predicted molar refractivity (Wildman–Crippen MR) is 190 cm³/mol. The number of oxazole rings is 2. The van der Waals surface area contributed by atoms with Crippen molar-refractivity contribution < 1.29 is 61.5 Å². The number of anilines is 1. The van der Waals surface area contributed by atoms with Crippen LogP contribution in [0.1, 0.15) is 24.6 Å². The van der Waals surface area contributed by atoms with E-state index in [1.54, 1.807) is 54.6 Å². The first-order valence-corrected chi connectivity index (χ1v) is 17.8. The summed E-state index contributed by atoms with van der Waals surface area (Å²) in [7, 11) is 1.31. The number of aliphatic hydroxyl groups excluding tert-OH is 1. The summed E-state index contributed by atoms with van der Waals surface area (Å²) in [5.74, 6) is -1.50. The molecule has 5 heterocycles. The number of amides is 1. The van der Waals surface area contributed by atoms with Crippen molar-refractivity contribution in [1.82, 2.24) is 9.97 Å². The van der Waals surface area contributed by atoms with E-state index in [4.69, 9.17) is 42.0 Å². The molecule has 0 bridgehead atoms. The number of nitrogens with zero attached hydrogens (tertiary/aromatic N) is 2. The summed E-state index contributed by atoms with van der Waals surface area (Å²) in [6.45, 7) is -0.639. The van der Waals surface area contributed by atoms with Crippen LogP contribution in [0.3, 0.4) is 0 Å². The molecule has 286 valence electrons. The number of carbonyl (C=O) groups excluding carboxylic acids is 3. The first-order valence-electron chi connectivity index (χ1n) is 17.8. The molecule has 2 aromatic heterocycles. The fraction of sp³-hybridized carbons (Fsp3) is 0.359. The van der Waals surface area contributed by atoms with Crippen LogP contribution in [0.25, 0.3) is 22.2 Å². The monoisotopic (exact) mass is 755 g/mol. The van der Waals surface area contributed by atoms with Gasteiger partial charge < -0.3 is 47.1 Å². The minimum absolute atomic E-state index is 0.0352. The van der Waals surface area contributed by atoms with Gasteiger partial charge in [-0.1, -0.05) is 36.4 Å². The SMILES string of the molecule is CO[C@H]1O[C@H](CO)[C@@H](OC(=O)Nc2ccc3c(c2)OCO3)[C@@H]2OC(=O)[C@H](Cc3nc4ccccc4o3)CC=CC[C@@H](Cc3nc4ccccc4o3)C(=O)O[C@H]12. The molecule has 5 aromatic rings. The lowest BCUT2D eigenvalue weighted by atomic mass is 9.95. The zero-order valence-electron chi connectivity index (χ0n) is 29.5. The molecule has 1 saturated heterocycles. The average Bonchev–Trinajstić information content (AvgIpc) is 3.94. The number of rotatable bonds is 8. The van der Waals surface area contributed by atoms with E-state index in [1.165, 1.54) is 7.11 Å². The van der Waals surface area contributed by atoms with Gasteiger partial charge in [-0.05, 0) is 49.2 Å². The summed E-state index contributed by atoms with van der Waals surface area (Å²) in [4.78, 5) is 50.8. The molecule has 0 aliphatic carbocycles. The van der Waals surface area contributed by atoms with Crippen LogP contribution in [0, 0.1) is 11.8 Å². The van der Waals surface area contributed by atoms with Gasteiger partial charge in [0.15, 0.2) is 59.0 Å². The lowest BCUT2D eigenvalue weighted by molar-refractivity contribution is -0.300. The second-order valence-corrected chi connectivity index (χ2v) is 13.2. The van der Waals surface area contributed by atoms with Crippen molar-refractivity contribution in [2.24, 2.45) is 11.8 Å². The Morgan fingerprint density at radius 3 is 2.02 bits per heavy atom. The number of para-hydroxylation sites is 4. The average molecular weight is 756 g/mol. The highest BCUT2D eigenvalue weighted by atomic mass is 16.7. The van der Waals surface area contributed by atoms with Crippen molar-refractivity contribution in [1.29, 1.82) is 0 Å². The number of benzene rings is 3. The molecule has 1 amide bonds. The molecule has 0 saturated carbocycles. The zero-order chi connectivity index (χ0) is 37.9. The highest BCUT2D eigenvalue weighted by Crippen LogP contribution is 2.36. The molecule has 8 rings (SSSR count). The fourth-order valence-corrected chi connectivity index (χ4v) is 6.81. The Bertz CT molecular complexity index is 2150. The fourth-order valence-electron chi connectivity index (χ4n) is 6.81. The summed E-state index contributed by atoms with van der Waals surface area (Å²) >= 11 is 0. The minimum Gasteiger partial charge on any atom is -0.454 e. The molecular weight excluding hydrogens is 718 g/mol. The molecule has 7 atom stereocenters. The Balaban J connectivity index is 1.11. The first-order chi connectivity index (χ1) is 26.8. The summed E-state index contributed by atoms with van der Waals surface area (Å²) in [5.41, 5.74) is 2.70. The van der Waals surface area contributed by atoms with Crippen molar-refractivity contribution >= 4 is 45.9 Å². The van der Waals surface area contributed by atoms with E-state index in [2.05, 4.69) is 15.3 Å². The number of allylic oxidation sites excluding steroid dienone is 2. The van der Waals surface area contributed by atoms with Crippen LogP contribution in [-0.2, 0) is 46.1 Å². The smallest absolute Gasteiger partial charge is 0.412 e. The lowest BCUT2D eigenvalue weighted by Gasteiger charge is -2.44. The minimum atomic E-state index is -1.51. The second kappa shape index (κ2) is 15.8. The molecule has 0 radical (unpaired) electrons. The second-order valence-electron chi connectivity index (χ2n) is 13.2. The quantitative estimate of drug-likeness (QED) is 0.123. The Labute approximate surface area is 313 Å². The van der Waals surface area contributed by atoms with Gasteiger partial charge in [0.2, 0.25) is 6.79 Å². The van der Waals surface area contributed by atoms with Gasteiger partial charge in [-0.15, -0.1) is 0 Å². The standard InChI is InChI=1S/C39H37N3O13/c1-47-38-35-34(33(30(19-43)52-38)55-39(46)40-23-14-15-28-29(18-23)49-20-48-28)53-36(44)21(16-31-41-24-10-4-6-12-26(24)50-31)8-2-3-9-22(37(45)54-35)17-32-42-25-11-5-7-13-27(25)51-32/h2-7,10-15,18,21-22,30,33-35,38,43H,8-9,16-17,19-20H2,1H3,(H,40,46)/t21-,22-,30+,33+,34-,35-,38-/m0/s1. The van der Waals surface area contributed by atoms with Crippen molar-refractivity contribution in [3.63, 3.8) is 0 Å². The third-order valence-corrected chi connectivity index (χ3v) is 9.56. The van der Waals surface area contributed by atoms with Crippen molar-refractivity contribution in [3.05, 3.63) is 90.7 Å².